The molecule has 9 nitrogen and oxygen atoms in total. The Kier molecular flexibility index (Phi) is 4.10. The summed E-state index contributed by atoms with van der Waals surface area (Å²) < 4.78 is 7.04. The summed E-state index contributed by atoms with van der Waals surface area (Å²) in [5.74, 6) is 0.225. The summed E-state index contributed by atoms with van der Waals surface area (Å²) in [6.45, 7) is -0.0555. The van der Waals surface area contributed by atoms with Crippen LogP contribution in [-0.2, 0) is 4.74 Å². The standard InChI is InChI=1S/C10H16N6O3/c11-8-7-9(15-10(12)14-8)16(5-13-7)6(1-2-17)19-4-3-18/h5-6,17-18H,1-4H2,(H4,11,12,14,15). The number of ether oxygens (including phenoxy) is 1. The van der Waals surface area contributed by atoms with E-state index in [1.165, 1.54) is 6.33 Å². The maximum atomic E-state index is 9.06. The predicted octanol–water partition coefficient (Wildman–Crippen LogP) is -1.12. The number of nitrogens with zero attached hydrogens (tertiary/aromatic N) is 4. The molecule has 2 aromatic heterocycles. The molecule has 9 heteroatoms. The first-order valence-electron chi connectivity index (χ1n) is 5.76. The third-order valence-electron chi connectivity index (χ3n) is 2.55. The minimum atomic E-state index is -0.504. The molecule has 0 aliphatic heterocycles. The van der Waals surface area contributed by atoms with E-state index in [4.69, 9.17) is 26.4 Å². The number of nitrogens with two attached hydrogens (primary N) is 2. The molecular formula is C10H16N6O3. The quantitative estimate of drug-likeness (QED) is 0.515. The molecule has 0 aliphatic carbocycles. The minimum absolute atomic E-state index is 0.0386. The summed E-state index contributed by atoms with van der Waals surface area (Å²) in [5, 5.41) is 17.9. The fourth-order valence-corrected chi connectivity index (χ4v) is 1.77. The van der Waals surface area contributed by atoms with E-state index in [-0.39, 0.29) is 31.6 Å². The molecule has 0 saturated heterocycles. The van der Waals surface area contributed by atoms with Gasteiger partial charge in [-0.25, -0.2) is 4.98 Å². The van der Waals surface area contributed by atoms with Crippen molar-refractivity contribution in [1.29, 1.82) is 0 Å². The van der Waals surface area contributed by atoms with Crippen molar-refractivity contribution < 1.29 is 14.9 Å². The zero-order chi connectivity index (χ0) is 13.8. The van der Waals surface area contributed by atoms with Gasteiger partial charge in [0.05, 0.1) is 19.5 Å². The Balaban J connectivity index is 2.41. The summed E-state index contributed by atoms with van der Waals surface area (Å²) in [5.41, 5.74) is 12.1. The zero-order valence-electron chi connectivity index (χ0n) is 10.2. The fourth-order valence-electron chi connectivity index (χ4n) is 1.77. The van der Waals surface area contributed by atoms with E-state index in [2.05, 4.69) is 15.0 Å². The average molecular weight is 268 g/mol. The van der Waals surface area contributed by atoms with Gasteiger partial charge in [-0.3, -0.25) is 4.57 Å². The van der Waals surface area contributed by atoms with Crippen LogP contribution in [0.3, 0.4) is 0 Å². The van der Waals surface area contributed by atoms with E-state index in [0.717, 1.165) is 0 Å². The van der Waals surface area contributed by atoms with Crippen molar-refractivity contribution in [2.24, 2.45) is 0 Å². The highest BCUT2D eigenvalue weighted by atomic mass is 16.5. The van der Waals surface area contributed by atoms with Gasteiger partial charge in [-0.15, -0.1) is 0 Å². The fraction of sp³-hybridized carbons (Fsp3) is 0.500. The average Bonchev–Trinajstić information content (AvgIpc) is 2.78. The molecule has 0 aliphatic rings. The molecular weight excluding hydrogens is 252 g/mol. The molecule has 0 bridgehead atoms. The van der Waals surface area contributed by atoms with Gasteiger partial charge in [-0.2, -0.15) is 9.97 Å². The van der Waals surface area contributed by atoms with Crippen LogP contribution in [0.15, 0.2) is 6.33 Å². The summed E-state index contributed by atoms with van der Waals surface area (Å²) in [6, 6.07) is 0. The van der Waals surface area contributed by atoms with E-state index in [1.807, 2.05) is 0 Å². The van der Waals surface area contributed by atoms with Gasteiger partial charge in [0.2, 0.25) is 5.95 Å². The molecule has 0 radical (unpaired) electrons. The SMILES string of the molecule is Nc1nc(N)c2ncn(C(CCO)OCCO)c2n1. The normalized spacial score (nSPS) is 12.9. The first kappa shape index (κ1) is 13.5. The van der Waals surface area contributed by atoms with E-state index in [1.54, 1.807) is 4.57 Å². The van der Waals surface area contributed by atoms with Crippen LogP contribution in [0.5, 0.6) is 0 Å². The number of aromatic nitrogens is 4. The van der Waals surface area contributed by atoms with Crippen LogP contribution in [0, 0.1) is 0 Å². The van der Waals surface area contributed by atoms with E-state index in [0.29, 0.717) is 17.6 Å². The predicted molar refractivity (Wildman–Crippen MR) is 67.9 cm³/mol. The van der Waals surface area contributed by atoms with Gasteiger partial charge >= 0.3 is 0 Å². The molecule has 0 saturated carbocycles. The first-order valence-corrected chi connectivity index (χ1v) is 5.76. The van der Waals surface area contributed by atoms with Crippen molar-refractivity contribution in [1.82, 2.24) is 19.5 Å². The van der Waals surface area contributed by atoms with Gasteiger partial charge in [-0.05, 0) is 0 Å². The summed E-state index contributed by atoms with van der Waals surface area (Å²) in [7, 11) is 0. The molecule has 6 N–H and O–H groups in total. The van der Waals surface area contributed by atoms with Crippen molar-refractivity contribution in [2.45, 2.75) is 12.6 Å². The van der Waals surface area contributed by atoms with Gasteiger partial charge in [0.1, 0.15) is 11.7 Å². The lowest BCUT2D eigenvalue weighted by molar-refractivity contribution is -0.0260. The van der Waals surface area contributed by atoms with Gasteiger partial charge in [0.25, 0.3) is 0 Å². The molecule has 104 valence electrons. The van der Waals surface area contributed by atoms with Crippen LogP contribution in [0.1, 0.15) is 12.6 Å². The van der Waals surface area contributed by atoms with Crippen LogP contribution in [0.25, 0.3) is 11.2 Å². The van der Waals surface area contributed by atoms with E-state index < -0.39 is 6.23 Å². The van der Waals surface area contributed by atoms with Crippen LogP contribution in [-0.4, -0.2) is 49.6 Å². The Morgan fingerprint density at radius 2 is 2.05 bits per heavy atom. The van der Waals surface area contributed by atoms with Crippen molar-refractivity contribution in [3.63, 3.8) is 0 Å². The second-order valence-electron chi connectivity index (χ2n) is 3.85. The lowest BCUT2D eigenvalue weighted by Crippen LogP contribution is -2.16. The molecule has 2 rings (SSSR count). The monoisotopic (exact) mass is 268 g/mol. The molecule has 1 unspecified atom stereocenters. The Labute approximate surface area is 108 Å². The zero-order valence-corrected chi connectivity index (χ0v) is 10.2. The topological polar surface area (TPSA) is 145 Å². The largest absolute Gasteiger partial charge is 0.396 e. The minimum Gasteiger partial charge on any atom is -0.396 e. The molecule has 19 heavy (non-hydrogen) atoms. The maximum absolute atomic E-state index is 9.06. The van der Waals surface area contributed by atoms with Crippen molar-refractivity contribution in [2.75, 3.05) is 31.3 Å². The maximum Gasteiger partial charge on any atom is 0.224 e. The first-order chi connectivity index (χ1) is 9.17. The summed E-state index contributed by atoms with van der Waals surface area (Å²) >= 11 is 0. The van der Waals surface area contributed by atoms with Crippen LogP contribution < -0.4 is 11.5 Å². The van der Waals surface area contributed by atoms with Gasteiger partial charge < -0.3 is 26.4 Å². The number of rotatable bonds is 6. The Bertz CT molecular complexity index is 557. The highest BCUT2D eigenvalue weighted by Gasteiger charge is 2.17. The molecule has 2 heterocycles. The van der Waals surface area contributed by atoms with Gasteiger partial charge in [-0.1, -0.05) is 0 Å². The highest BCUT2D eigenvalue weighted by molar-refractivity contribution is 5.82. The summed E-state index contributed by atoms with van der Waals surface area (Å²) in [4.78, 5) is 12.0. The highest BCUT2D eigenvalue weighted by Crippen LogP contribution is 2.22. The van der Waals surface area contributed by atoms with Crippen molar-refractivity contribution in [3.05, 3.63) is 6.33 Å². The molecule has 0 aromatic carbocycles. The van der Waals surface area contributed by atoms with Gasteiger partial charge in [0.15, 0.2) is 11.5 Å². The smallest absolute Gasteiger partial charge is 0.224 e. The second kappa shape index (κ2) is 5.78. The molecule has 1 atom stereocenters. The number of fused-ring (bicyclic) bond motifs is 1. The lowest BCUT2D eigenvalue weighted by Gasteiger charge is -2.18. The number of imidazole rings is 1. The molecule has 0 amide bonds. The number of aliphatic hydroxyl groups excluding tert-OH is 2. The lowest BCUT2D eigenvalue weighted by atomic mass is 10.4. The Hall–Kier alpha value is -1.97. The van der Waals surface area contributed by atoms with E-state index >= 15 is 0 Å². The number of aliphatic hydroxyl groups is 2. The number of nitrogen functional groups attached to an aromatic ring is 2. The number of hydrogen-bond acceptors (Lipinski definition) is 8. The molecule has 0 fully saturated rings. The van der Waals surface area contributed by atoms with Crippen molar-refractivity contribution in [3.8, 4) is 0 Å². The van der Waals surface area contributed by atoms with E-state index in [9.17, 15) is 0 Å². The second-order valence-corrected chi connectivity index (χ2v) is 3.85. The third kappa shape index (κ3) is 2.72. The number of hydrogen-bond donors (Lipinski definition) is 4. The van der Waals surface area contributed by atoms with Gasteiger partial charge in [0, 0.05) is 13.0 Å². The Morgan fingerprint density at radius 1 is 1.26 bits per heavy atom. The molecule has 2 aromatic rings. The van der Waals surface area contributed by atoms with Crippen LogP contribution >= 0.6 is 0 Å². The Morgan fingerprint density at radius 3 is 2.74 bits per heavy atom. The van der Waals surface area contributed by atoms with Crippen molar-refractivity contribution >= 4 is 22.9 Å². The van der Waals surface area contributed by atoms with Crippen LogP contribution in [0.4, 0.5) is 11.8 Å². The third-order valence-corrected chi connectivity index (χ3v) is 2.55. The number of anilines is 2. The molecule has 0 spiro atoms. The summed E-state index contributed by atoms with van der Waals surface area (Å²) in [6.07, 6.45) is 1.32. The van der Waals surface area contributed by atoms with Crippen LogP contribution in [0.2, 0.25) is 0 Å².